The van der Waals surface area contributed by atoms with Gasteiger partial charge in [-0.3, -0.25) is 0 Å². The van der Waals surface area contributed by atoms with Gasteiger partial charge in [-0.05, 0) is 33.8 Å². The highest BCUT2D eigenvalue weighted by Crippen LogP contribution is 2.37. The molecule has 0 amide bonds. The van der Waals surface area contributed by atoms with Crippen LogP contribution in [0.15, 0.2) is 12.1 Å². The molecule has 0 aromatic heterocycles. The molecule has 112 valence electrons. The summed E-state index contributed by atoms with van der Waals surface area (Å²) in [6.45, 7) is 7.05. The van der Waals surface area contributed by atoms with Crippen molar-refractivity contribution in [2.75, 3.05) is 0 Å². The lowest BCUT2D eigenvalue weighted by Crippen LogP contribution is -2.41. The van der Waals surface area contributed by atoms with E-state index < -0.39 is 41.3 Å². The first-order valence-corrected chi connectivity index (χ1v) is 6.37. The molecule has 0 unspecified atom stereocenters. The summed E-state index contributed by atoms with van der Waals surface area (Å²) < 4.78 is 63.2. The van der Waals surface area contributed by atoms with Crippen molar-refractivity contribution in [2.45, 2.75) is 45.1 Å². The maximum absolute atomic E-state index is 14.0. The lowest BCUT2D eigenvalue weighted by Gasteiger charge is -2.32. The van der Waals surface area contributed by atoms with Gasteiger partial charge in [0.25, 0.3) is 0 Å². The van der Waals surface area contributed by atoms with Crippen molar-refractivity contribution in [1.29, 1.82) is 0 Å². The van der Waals surface area contributed by atoms with E-state index in [0.29, 0.717) is 6.07 Å². The Morgan fingerprint density at radius 3 is 1.95 bits per heavy atom. The van der Waals surface area contributed by atoms with Crippen LogP contribution < -0.4 is 10.9 Å². The predicted octanol–water partition coefficient (Wildman–Crippen LogP) is 1.94. The largest absolute Gasteiger partial charge is 0.497 e. The fraction of sp³-hybridized carbons (Fsp3) is 0.538. The van der Waals surface area contributed by atoms with Crippen molar-refractivity contribution in [3.63, 3.8) is 0 Å². The van der Waals surface area contributed by atoms with Crippen LogP contribution >= 0.6 is 0 Å². The number of hydrogen-bond acceptors (Lipinski definition) is 2. The second kappa shape index (κ2) is 4.74. The van der Waals surface area contributed by atoms with E-state index in [1.807, 2.05) is 0 Å². The summed E-state index contributed by atoms with van der Waals surface area (Å²) in [6, 6.07) is 1.29. The molecule has 0 aliphatic carbocycles. The summed E-state index contributed by atoms with van der Waals surface area (Å²) in [5.74, 6) is -1.06. The molecule has 1 aromatic carbocycles. The van der Waals surface area contributed by atoms with Gasteiger partial charge in [-0.15, -0.1) is 0 Å². The van der Waals surface area contributed by atoms with Crippen LogP contribution in [0, 0.1) is 5.82 Å². The summed E-state index contributed by atoms with van der Waals surface area (Å²) in [5.41, 5.74) is -3.35. The van der Waals surface area contributed by atoms with Gasteiger partial charge in [0.2, 0.25) is 0 Å². The Balaban J connectivity index is 2.42. The molecular formula is C13H14B2F4O2. The highest BCUT2D eigenvalue weighted by Gasteiger charge is 2.52. The Bertz CT molecular complexity index is 554. The molecule has 0 saturated carbocycles. The van der Waals surface area contributed by atoms with Crippen LogP contribution in [0.25, 0.3) is 0 Å². The molecule has 1 aliphatic rings. The van der Waals surface area contributed by atoms with Crippen LogP contribution in [0.1, 0.15) is 33.3 Å². The molecule has 21 heavy (non-hydrogen) atoms. The zero-order chi connectivity index (χ0) is 16.2. The van der Waals surface area contributed by atoms with E-state index >= 15 is 0 Å². The van der Waals surface area contributed by atoms with E-state index in [1.54, 1.807) is 27.7 Å². The monoisotopic (exact) mass is 300 g/mol. The van der Waals surface area contributed by atoms with E-state index in [1.165, 1.54) is 0 Å². The molecular weight excluding hydrogens is 286 g/mol. The van der Waals surface area contributed by atoms with Crippen molar-refractivity contribution < 1.29 is 26.9 Å². The van der Waals surface area contributed by atoms with Gasteiger partial charge in [0.1, 0.15) is 13.7 Å². The molecule has 0 N–H and O–H groups in total. The average molecular weight is 300 g/mol. The number of hydrogen-bond donors (Lipinski definition) is 0. The number of benzene rings is 1. The molecule has 1 heterocycles. The minimum absolute atomic E-state index is 0.140. The third kappa shape index (κ3) is 2.83. The number of alkyl halides is 3. The van der Waals surface area contributed by atoms with Crippen LogP contribution in [0.2, 0.25) is 0 Å². The zero-order valence-electron chi connectivity index (χ0n) is 12.1. The van der Waals surface area contributed by atoms with Crippen molar-refractivity contribution >= 4 is 25.9 Å². The molecule has 0 atom stereocenters. The lowest BCUT2D eigenvalue weighted by molar-refractivity contribution is -0.136. The molecule has 1 aliphatic heterocycles. The first-order valence-electron chi connectivity index (χ1n) is 6.37. The van der Waals surface area contributed by atoms with Crippen molar-refractivity contribution in [3.8, 4) is 0 Å². The molecule has 1 fully saturated rings. The SMILES string of the molecule is [B]c1cc(B2OC(C)(C)C(C)(C)O2)c(F)cc1C(F)(F)F. The van der Waals surface area contributed by atoms with Crippen LogP contribution in [0.5, 0.6) is 0 Å². The molecule has 0 spiro atoms. The van der Waals surface area contributed by atoms with Crippen LogP contribution in [-0.4, -0.2) is 26.2 Å². The van der Waals surface area contributed by atoms with Gasteiger partial charge in [-0.2, -0.15) is 13.2 Å². The Morgan fingerprint density at radius 2 is 1.52 bits per heavy atom. The van der Waals surface area contributed by atoms with E-state index in [9.17, 15) is 17.6 Å². The Kier molecular flexibility index (Phi) is 3.70. The normalized spacial score (nSPS) is 20.9. The Morgan fingerprint density at radius 1 is 1.05 bits per heavy atom. The fourth-order valence-corrected chi connectivity index (χ4v) is 2.00. The lowest BCUT2D eigenvalue weighted by atomic mass is 9.74. The zero-order valence-corrected chi connectivity index (χ0v) is 12.1. The van der Waals surface area contributed by atoms with Gasteiger partial charge in [0.15, 0.2) is 0 Å². The number of rotatable bonds is 1. The molecule has 8 heteroatoms. The molecule has 1 saturated heterocycles. The summed E-state index contributed by atoms with van der Waals surface area (Å²) in [6.07, 6.45) is -4.71. The van der Waals surface area contributed by atoms with Gasteiger partial charge in [0, 0.05) is 5.46 Å². The molecule has 2 rings (SSSR count). The fourth-order valence-electron chi connectivity index (χ4n) is 2.00. The van der Waals surface area contributed by atoms with Crippen molar-refractivity contribution in [3.05, 3.63) is 23.5 Å². The van der Waals surface area contributed by atoms with E-state index in [-0.39, 0.29) is 5.46 Å². The summed E-state index contributed by atoms with van der Waals surface area (Å²) in [7, 11) is 4.28. The second-order valence-electron chi connectivity index (χ2n) is 6.05. The van der Waals surface area contributed by atoms with Crippen molar-refractivity contribution in [1.82, 2.24) is 0 Å². The predicted molar refractivity (Wildman–Crippen MR) is 72.5 cm³/mol. The Labute approximate surface area is 122 Å². The van der Waals surface area contributed by atoms with Crippen molar-refractivity contribution in [2.24, 2.45) is 0 Å². The minimum Gasteiger partial charge on any atom is -0.399 e. The van der Waals surface area contributed by atoms with Crippen LogP contribution in [-0.2, 0) is 15.5 Å². The van der Waals surface area contributed by atoms with Gasteiger partial charge in [0.05, 0.1) is 16.8 Å². The molecule has 2 radical (unpaired) electrons. The van der Waals surface area contributed by atoms with E-state index in [2.05, 4.69) is 0 Å². The topological polar surface area (TPSA) is 18.5 Å². The maximum Gasteiger partial charge on any atom is 0.497 e. The Hall–Kier alpha value is -1.01. The molecule has 0 bridgehead atoms. The van der Waals surface area contributed by atoms with Crippen LogP contribution in [0.3, 0.4) is 0 Å². The van der Waals surface area contributed by atoms with Crippen LogP contribution in [0.4, 0.5) is 17.6 Å². The van der Waals surface area contributed by atoms with Gasteiger partial charge < -0.3 is 9.31 Å². The molecule has 2 nitrogen and oxygen atoms in total. The van der Waals surface area contributed by atoms with Gasteiger partial charge >= 0.3 is 13.3 Å². The smallest absolute Gasteiger partial charge is 0.399 e. The first-order chi connectivity index (χ1) is 9.35. The standard InChI is InChI=1S/C13H14B2F4O2/c1-11(2)12(3,4)21-15(20-11)9-6-8(14)7(5-10(9)16)13(17,18)19/h5-6H,1-4H3. The quantitative estimate of drug-likeness (QED) is 0.583. The van der Waals surface area contributed by atoms with Gasteiger partial charge in [-0.25, -0.2) is 4.39 Å². The van der Waals surface area contributed by atoms with Gasteiger partial charge in [-0.1, -0.05) is 11.5 Å². The highest BCUT2D eigenvalue weighted by molar-refractivity contribution is 6.62. The summed E-state index contributed by atoms with van der Waals surface area (Å²) in [4.78, 5) is 0. The third-order valence-electron chi connectivity index (χ3n) is 3.98. The number of halogens is 4. The molecule has 1 aromatic rings. The first kappa shape index (κ1) is 16.4. The van der Waals surface area contributed by atoms with E-state index in [0.717, 1.165) is 6.07 Å². The summed E-state index contributed by atoms with van der Waals surface area (Å²) in [5, 5.41) is 0. The highest BCUT2D eigenvalue weighted by atomic mass is 19.4. The average Bonchev–Trinajstić information content (AvgIpc) is 2.49. The third-order valence-corrected chi connectivity index (χ3v) is 3.98. The minimum atomic E-state index is -4.71. The van der Waals surface area contributed by atoms with E-state index in [4.69, 9.17) is 17.2 Å². The maximum atomic E-state index is 14.0. The summed E-state index contributed by atoms with van der Waals surface area (Å²) >= 11 is 0. The second-order valence-corrected chi connectivity index (χ2v) is 6.05.